The predicted molar refractivity (Wildman–Crippen MR) is 91.0 cm³/mol. The Morgan fingerprint density at radius 1 is 1.04 bits per heavy atom. The molecule has 0 bridgehead atoms. The third-order valence-electron chi connectivity index (χ3n) is 3.40. The van der Waals surface area contributed by atoms with E-state index in [4.69, 9.17) is 0 Å². The smallest absolute Gasteiger partial charge is 0.241 e. The topological polar surface area (TPSA) is 39.1 Å². The van der Waals surface area contributed by atoms with Crippen molar-refractivity contribution < 1.29 is 17.2 Å². The van der Waals surface area contributed by atoms with Crippen LogP contribution in [0.1, 0.15) is 5.56 Å². The number of rotatable bonds is 3. The number of hydrogen-bond acceptors (Lipinski definition) is 2. The Morgan fingerprint density at radius 3 is 2.46 bits per heavy atom. The van der Waals surface area contributed by atoms with E-state index >= 15 is 0 Å². The zero-order valence-corrected chi connectivity index (χ0v) is 14.6. The van der Waals surface area contributed by atoms with Crippen molar-refractivity contribution in [2.24, 2.45) is 0 Å². The predicted octanol–water partition coefficient (Wildman–Crippen LogP) is 4.61. The summed E-state index contributed by atoms with van der Waals surface area (Å²) in [6, 6.07) is 10.6. The molecule has 1 radical (unpaired) electrons. The Labute approximate surface area is 146 Å². The standard InChI is InChI=1S/C17H11BrF2NO2S/c1-11-7-17(15-6-5-13(19)9-16(15)20)21(10-11)24(22,23)14-4-2-3-12(18)8-14/h2-10H,1H2. The first kappa shape index (κ1) is 16.9. The monoisotopic (exact) mass is 410 g/mol. The molecule has 0 N–H and O–H groups in total. The van der Waals surface area contributed by atoms with E-state index in [2.05, 4.69) is 22.9 Å². The van der Waals surface area contributed by atoms with E-state index in [-0.39, 0.29) is 16.2 Å². The van der Waals surface area contributed by atoms with Crippen LogP contribution in [0.25, 0.3) is 11.3 Å². The largest absolute Gasteiger partial charge is 0.268 e. The van der Waals surface area contributed by atoms with Gasteiger partial charge in [0, 0.05) is 22.3 Å². The summed E-state index contributed by atoms with van der Waals surface area (Å²) in [5.74, 6) is -1.59. The molecule has 0 aliphatic rings. The molecule has 3 aromatic rings. The third-order valence-corrected chi connectivity index (χ3v) is 5.57. The summed E-state index contributed by atoms with van der Waals surface area (Å²) in [4.78, 5) is 0.0382. The molecule has 7 heteroatoms. The molecule has 0 spiro atoms. The molecule has 2 aromatic carbocycles. The van der Waals surface area contributed by atoms with Crippen LogP contribution in [0.2, 0.25) is 0 Å². The summed E-state index contributed by atoms with van der Waals surface area (Å²) in [5.41, 5.74) is 0.453. The minimum Gasteiger partial charge on any atom is -0.241 e. The minimum atomic E-state index is -3.96. The minimum absolute atomic E-state index is 0.0233. The first-order valence-corrected chi connectivity index (χ1v) is 9.03. The van der Waals surface area contributed by atoms with Crippen molar-refractivity contribution in [2.45, 2.75) is 4.90 Å². The van der Waals surface area contributed by atoms with Crippen LogP contribution < -0.4 is 0 Å². The van der Waals surface area contributed by atoms with E-state index in [9.17, 15) is 17.2 Å². The van der Waals surface area contributed by atoms with Crippen molar-refractivity contribution in [2.75, 3.05) is 0 Å². The van der Waals surface area contributed by atoms with Crippen molar-refractivity contribution in [3.05, 3.63) is 83.3 Å². The molecule has 0 saturated heterocycles. The van der Waals surface area contributed by atoms with E-state index in [0.717, 1.165) is 10.0 Å². The lowest BCUT2D eigenvalue weighted by molar-refractivity contribution is 0.583. The van der Waals surface area contributed by atoms with Crippen molar-refractivity contribution in [1.29, 1.82) is 0 Å². The number of hydrogen-bond donors (Lipinski definition) is 0. The SMILES string of the molecule is [CH2]c1cc(-c2ccc(F)cc2F)n(S(=O)(=O)c2cccc(Br)c2)c1. The van der Waals surface area contributed by atoms with Crippen LogP contribution in [0, 0.1) is 18.6 Å². The molecule has 24 heavy (non-hydrogen) atoms. The first-order chi connectivity index (χ1) is 11.3. The van der Waals surface area contributed by atoms with Gasteiger partial charge in [-0.15, -0.1) is 0 Å². The fraction of sp³-hybridized carbons (Fsp3) is 0. The second-order valence-electron chi connectivity index (χ2n) is 5.12. The van der Waals surface area contributed by atoms with E-state index < -0.39 is 21.7 Å². The number of halogens is 3. The maximum absolute atomic E-state index is 14.1. The van der Waals surface area contributed by atoms with Crippen molar-refractivity contribution in [1.82, 2.24) is 3.97 Å². The summed E-state index contributed by atoms with van der Waals surface area (Å²) < 4.78 is 54.6. The highest BCUT2D eigenvalue weighted by Gasteiger charge is 2.23. The van der Waals surface area contributed by atoms with Crippen LogP contribution in [-0.4, -0.2) is 12.4 Å². The van der Waals surface area contributed by atoms with E-state index in [0.29, 0.717) is 16.1 Å². The van der Waals surface area contributed by atoms with E-state index in [1.54, 1.807) is 12.1 Å². The quantitative estimate of drug-likeness (QED) is 0.631. The average molecular weight is 411 g/mol. The second-order valence-corrected chi connectivity index (χ2v) is 7.85. The number of nitrogens with zero attached hydrogens (tertiary/aromatic N) is 1. The van der Waals surface area contributed by atoms with Gasteiger partial charge in [-0.1, -0.05) is 22.0 Å². The van der Waals surface area contributed by atoms with Crippen LogP contribution in [0.15, 0.2) is 64.1 Å². The highest BCUT2D eigenvalue weighted by molar-refractivity contribution is 9.10. The van der Waals surface area contributed by atoms with Gasteiger partial charge in [0.15, 0.2) is 0 Å². The molecule has 123 valence electrons. The molecule has 3 nitrogen and oxygen atoms in total. The van der Waals surface area contributed by atoms with Gasteiger partial charge in [-0.2, -0.15) is 0 Å². The molecule has 0 fully saturated rings. The van der Waals surface area contributed by atoms with Gasteiger partial charge in [0.25, 0.3) is 10.0 Å². The average Bonchev–Trinajstić information content (AvgIpc) is 2.89. The lowest BCUT2D eigenvalue weighted by atomic mass is 10.1. The summed E-state index contributed by atoms with van der Waals surface area (Å²) >= 11 is 3.23. The summed E-state index contributed by atoms with van der Waals surface area (Å²) in [5, 5.41) is 0. The van der Waals surface area contributed by atoms with Gasteiger partial charge >= 0.3 is 0 Å². The normalized spacial score (nSPS) is 11.7. The van der Waals surface area contributed by atoms with Crippen molar-refractivity contribution in [3.63, 3.8) is 0 Å². The molecule has 0 aliphatic heterocycles. The fourth-order valence-corrected chi connectivity index (χ4v) is 4.32. The molecular formula is C17H11BrF2NO2S. The third kappa shape index (κ3) is 3.01. The lowest BCUT2D eigenvalue weighted by Crippen LogP contribution is -2.13. The van der Waals surface area contributed by atoms with E-state index in [1.807, 2.05) is 0 Å². The van der Waals surface area contributed by atoms with Crippen LogP contribution >= 0.6 is 15.9 Å². The highest BCUT2D eigenvalue weighted by atomic mass is 79.9. The second kappa shape index (κ2) is 6.14. The maximum Gasteiger partial charge on any atom is 0.268 e. The Hall–Kier alpha value is -1.99. The zero-order valence-electron chi connectivity index (χ0n) is 12.2. The molecule has 0 atom stereocenters. The van der Waals surface area contributed by atoms with Gasteiger partial charge in [0.2, 0.25) is 0 Å². The Balaban J connectivity index is 2.23. The molecule has 0 amide bonds. The van der Waals surface area contributed by atoms with Crippen LogP contribution in [0.3, 0.4) is 0 Å². The Kier molecular flexibility index (Phi) is 4.31. The summed E-state index contributed by atoms with van der Waals surface area (Å²) in [6.07, 6.45) is 1.30. The molecule has 0 aliphatic carbocycles. The molecule has 3 rings (SSSR count). The number of benzene rings is 2. The first-order valence-electron chi connectivity index (χ1n) is 6.80. The summed E-state index contributed by atoms with van der Waals surface area (Å²) in [6.45, 7) is 3.71. The molecule has 0 saturated carbocycles. The Morgan fingerprint density at radius 2 is 1.79 bits per heavy atom. The van der Waals surface area contributed by atoms with Gasteiger partial charge in [0.05, 0.1) is 10.6 Å². The van der Waals surface area contributed by atoms with Crippen molar-refractivity contribution in [3.8, 4) is 11.3 Å². The highest BCUT2D eigenvalue weighted by Crippen LogP contribution is 2.29. The van der Waals surface area contributed by atoms with Gasteiger partial charge in [-0.3, -0.25) is 0 Å². The van der Waals surface area contributed by atoms with Crippen LogP contribution in [-0.2, 0) is 10.0 Å². The molecular weight excluding hydrogens is 400 g/mol. The van der Waals surface area contributed by atoms with Gasteiger partial charge in [-0.05, 0) is 48.9 Å². The van der Waals surface area contributed by atoms with Crippen molar-refractivity contribution >= 4 is 26.0 Å². The van der Waals surface area contributed by atoms with E-state index in [1.165, 1.54) is 30.5 Å². The fourth-order valence-electron chi connectivity index (χ4n) is 2.33. The van der Waals surface area contributed by atoms with Gasteiger partial charge in [0.1, 0.15) is 11.6 Å². The van der Waals surface area contributed by atoms with Crippen LogP contribution in [0.5, 0.6) is 0 Å². The number of aromatic nitrogens is 1. The molecule has 0 unspecified atom stereocenters. The van der Waals surface area contributed by atoms with Gasteiger partial charge in [-0.25, -0.2) is 21.2 Å². The summed E-state index contributed by atoms with van der Waals surface area (Å²) in [7, 11) is -3.96. The van der Waals surface area contributed by atoms with Gasteiger partial charge < -0.3 is 0 Å². The zero-order chi connectivity index (χ0) is 17.5. The lowest BCUT2D eigenvalue weighted by Gasteiger charge is -2.11. The maximum atomic E-state index is 14.1. The van der Waals surface area contributed by atoms with Crippen LogP contribution in [0.4, 0.5) is 8.78 Å². The molecule has 1 heterocycles. The molecule has 1 aromatic heterocycles. The Bertz CT molecular complexity index is 1030.